The highest BCUT2D eigenvalue weighted by Crippen LogP contribution is 2.13. The van der Waals surface area contributed by atoms with Crippen LogP contribution in [-0.2, 0) is 19.7 Å². The van der Waals surface area contributed by atoms with Gasteiger partial charge in [0.1, 0.15) is 0 Å². The van der Waals surface area contributed by atoms with Gasteiger partial charge in [0.2, 0.25) is 0 Å². The molecule has 1 fully saturated rings. The Morgan fingerprint density at radius 3 is 2.50 bits per heavy atom. The Morgan fingerprint density at radius 1 is 1.33 bits per heavy atom. The fourth-order valence-electron chi connectivity index (χ4n) is 1.94. The number of hydrogen-bond donors (Lipinski definition) is 1. The van der Waals surface area contributed by atoms with Crippen molar-refractivity contribution in [3.05, 3.63) is 0 Å². The molecule has 0 aromatic carbocycles. The van der Waals surface area contributed by atoms with Gasteiger partial charge in [0.05, 0.1) is 12.2 Å². The monoisotopic (exact) mass is 280 g/mol. The summed E-state index contributed by atoms with van der Waals surface area (Å²) in [4.78, 5) is 0. The van der Waals surface area contributed by atoms with Crippen molar-refractivity contribution >= 4 is 10.2 Å². The maximum atomic E-state index is 12.0. The lowest BCUT2D eigenvalue weighted by atomic mass is 10.3. The lowest BCUT2D eigenvalue weighted by molar-refractivity contribution is -0.0443. The summed E-state index contributed by atoms with van der Waals surface area (Å²) in [6.45, 7) is 8.14. The van der Waals surface area contributed by atoms with Crippen LogP contribution in [-0.4, -0.2) is 57.8 Å². The molecule has 0 spiro atoms. The fraction of sp³-hybridized carbons (Fsp3) is 1.00. The Labute approximate surface area is 110 Å². The van der Waals surface area contributed by atoms with E-state index in [0.717, 1.165) is 0 Å². The summed E-state index contributed by atoms with van der Waals surface area (Å²) in [6.07, 6.45) is 0.560. The summed E-state index contributed by atoms with van der Waals surface area (Å²) in [7, 11) is -3.39. The number of nitrogens with one attached hydrogen (secondary N) is 1. The summed E-state index contributed by atoms with van der Waals surface area (Å²) in [5.41, 5.74) is 0. The highest BCUT2D eigenvalue weighted by Gasteiger charge is 2.30. The maximum absolute atomic E-state index is 12.0. The van der Waals surface area contributed by atoms with Crippen LogP contribution in [0.4, 0.5) is 0 Å². The molecule has 0 aliphatic carbocycles. The second kappa shape index (κ2) is 7.40. The van der Waals surface area contributed by atoms with Gasteiger partial charge in [-0.3, -0.25) is 0 Å². The van der Waals surface area contributed by atoms with E-state index in [1.807, 2.05) is 20.8 Å². The van der Waals surface area contributed by atoms with Crippen LogP contribution in [0.3, 0.4) is 0 Å². The summed E-state index contributed by atoms with van der Waals surface area (Å²) in [6, 6.07) is 0. The van der Waals surface area contributed by atoms with Gasteiger partial charge >= 0.3 is 0 Å². The smallest absolute Gasteiger partial charge is 0.279 e. The average Bonchev–Trinajstić information content (AvgIpc) is 2.27. The largest absolute Gasteiger partial charge is 0.382 e. The van der Waals surface area contributed by atoms with E-state index in [0.29, 0.717) is 39.3 Å². The number of morpholine rings is 1. The molecule has 7 heteroatoms. The van der Waals surface area contributed by atoms with Crippen molar-refractivity contribution in [2.75, 3.05) is 32.8 Å². The fourth-order valence-corrected chi connectivity index (χ4v) is 3.34. The van der Waals surface area contributed by atoms with E-state index in [4.69, 9.17) is 9.47 Å². The molecule has 1 saturated heterocycles. The number of nitrogens with zero attached hydrogens (tertiary/aromatic N) is 1. The molecule has 2 atom stereocenters. The van der Waals surface area contributed by atoms with Gasteiger partial charge in [-0.2, -0.15) is 12.7 Å². The van der Waals surface area contributed by atoms with E-state index < -0.39 is 10.2 Å². The molecule has 0 aromatic heterocycles. The van der Waals surface area contributed by atoms with Crippen molar-refractivity contribution in [2.45, 2.75) is 39.4 Å². The first kappa shape index (κ1) is 15.8. The van der Waals surface area contributed by atoms with Crippen LogP contribution in [0.5, 0.6) is 0 Å². The maximum Gasteiger partial charge on any atom is 0.279 e. The molecule has 1 heterocycles. The second-order valence-electron chi connectivity index (χ2n) is 4.52. The molecule has 108 valence electrons. The zero-order valence-electron chi connectivity index (χ0n) is 11.4. The molecule has 6 nitrogen and oxygen atoms in total. The summed E-state index contributed by atoms with van der Waals surface area (Å²) < 4.78 is 38.8. The molecule has 0 saturated carbocycles. The number of rotatable bonds is 7. The van der Waals surface area contributed by atoms with E-state index in [1.54, 1.807) is 0 Å². The Balaban J connectivity index is 2.38. The molecule has 1 N–H and O–H groups in total. The van der Waals surface area contributed by atoms with Crippen LogP contribution in [0, 0.1) is 0 Å². The first-order chi connectivity index (χ1) is 8.45. The SMILES string of the molecule is CCOCCCNS(=O)(=O)N1CC(C)OC(C)C1. The van der Waals surface area contributed by atoms with Gasteiger partial charge in [0.15, 0.2) is 0 Å². The molecule has 2 unspecified atom stereocenters. The molecule has 0 aromatic rings. The molecule has 18 heavy (non-hydrogen) atoms. The van der Waals surface area contributed by atoms with Crippen LogP contribution in [0.2, 0.25) is 0 Å². The van der Waals surface area contributed by atoms with Gasteiger partial charge in [-0.15, -0.1) is 0 Å². The zero-order chi connectivity index (χ0) is 13.6. The van der Waals surface area contributed by atoms with Crippen LogP contribution >= 0.6 is 0 Å². The highest BCUT2D eigenvalue weighted by molar-refractivity contribution is 7.87. The lowest BCUT2D eigenvalue weighted by Gasteiger charge is -2.34. The van der Waals surface area contributed by atoms with Crippen LogP contribution in [0.1, 0.15) is 27.2 Å². The first-order valence-corrected chi connectivity index (χ1v) is 7.87. The second-order valence-corrected chi connectivity index (χ2v) is 6.28. The van der Waals surface area contributed by atoms with E-state index in [-0.39, 0.29) is 12.2 Å². The predicted molar refractivity (Wildman–Crippen MR) is 69.6 cm³/mol. The minimum absolute atomic E-state index is 0.0613. The highest BCUT2D eigenvalue weighted by atomic mass is 32.2. The Bertz CT molecular complexity index is 324. The van der Waals surface area contributed by atoms with Crippen molar-refractivity contribution < 1.29 is 17.9 Å². The third-order valence-electron chi connectivity index (χ3n) is 2.68. The van der Waals surface area contributed by atoms with Gasteiger partial charge in [-0.25, -0.2) is 4.72 Å². The molecule has 0 radical (unpaired) electrons. The number of hydrogen-bond acceptors (Lipinski definition) is 4. The minimum Gasteiger partial charge on any atom is -0.382 e. The molecular formula is C11H24N2O4S. The Kier molecular flexibility index (Phi) is 6.51. The van der Waals surface area contributed by atoms with Crippen molar-refractivity contribution in [3.8, 4) is 0 Å². The quantitative estimate of drug-likeness (QED) is 0.684. The van der Waals surface area contributed by atoms with E-state index in [9.17, 15) is 8.42 Å². The van der Waals surface area contributed by atoms with Crippen molar-refractivity contribution in [2.24, 2.45) is 0 Å². The Morgan fingerprint density at radius 2 is 1.94 bits per heavy atom. The van der Waals surface area contributed by atoms with Gasteiger partial charge in [-0.1, -0.05) is 0 Å². The third kappa shape index (κ3) is 5.19. The number of ether oxygens (including phenoxy) is 2. The molecule has 0 amide bonds. The lowest BCUT2D eigenvalue weighted by Crippen LogP contribution is -2.52. The van der Waals surface area contributed by atoms with Crippen molar-refractivity contribution in [1.82, 2.24) is 9.03 Å². The summed E-state index contributed by atoms with van der Waals surface area (Å²) >= 11 is 0. The third-order valence-corrected chi connectivity index (χ3v) is 4.23. The van der Waals surface area contributed by atoms with Gasteiger partial charge in [-0.05, 0) is 27.2 Å². The molecule has 1 aliphatic rings. The summed E-state index contributed by atoms with van der Waals surface area (Å²) in [5.74, 6) is 0. The predicted octanol–water partition coefficient (Wildman–Crippen LogP) is 0.357. The van der Waals surface area contributed by atoms with Gasteiger partial charge in [0.25, 0.3) is 10.2 Å². The molecular weight excluding hydrogens is 256 g/mol. The van der Waals surface area contributed by atoms with E-state index in [2.05, 4.69) is 4.72 Å². The normalized spacial score (nSPS) is 26.4. The van der Waals surface area contributed by atoms with Gasteiger partial charge < -0.3 is 9.47 Å². The summed E-state index contributed by atoms with van der Waals surface area (Å²) in [5, 5.41) is 0. The Hall–Kier alpha value is -0.210. The average molecular weight is 280 g/mol. The van der Waals surface area contributed by atoms with Crippen molar-refractivity contribution in [1.29, 1.82) is 0 Å². The van der Waals surface area contributed by atoms with E-state index in [1.165, 1.54) is 4.31 Å². The van der Waals surface area contributed by atoms with Crippen molar-refractivity contribution in [3.63, 3.8) is 0 Å². The van der Waals surface area contributed by atoms with Crippen LogP contribution < -0.4 is 4.72 Å². The topological polar surface area (TPSA) is 67.9 Å². The standard InChI is InChI=1S/C11H24N2O4S/c1-4-16-7-5-6-12-18(14,15)13-8-10(2)17-11(3)9-13/h10-12H,4-9H2,1-3H3. The molecule has 0 bridgehead atoms. The van der Waals surface area contributed by atoms with Crippen LogP contribution in [0.25, 0.3) is 0 Å². The molecule has 1 rings (SSSR count). The first-order valence-electron chi connectivity index (χ1n) is 6.43. The zero-order valence-corrected chi connectivity index (χ0v) is 12.2. The van der Waals surface area contributed by atoms with Gasteiger partial charge in [0, 0.05) is 32.8 Å². The van der Waals surface area contributed by atoms with Crippen LogP contribution in [0.15, 0.2) is 0 Å². The van der Waals surface area contributed by atoms with E-state index >= 15 is 0 Å². The minimum atomic E-state index is -3.39. The molecule has 1 aliphatic heterocycles.